The molecule has 0 radical (unpaired) electrons. The molecule has 0 aliphatic heterocycles. The van der Waals surface area contributed by atoms with Crippen LogP contribution in [0.5, 0.6) is 0 Å². The Morgan fingerprint density at radius 1 is 1.27 bits per heavy atom. The molecule has 0 saturated heterocycles. The van der Waals surface area contributed by atoms with E-state index < -0.39 is 5.54 Å². The van der Waals surface area contributed by atoms with E-state index in [0.29, 0.717) is 6.54 Å². The number of carbonyl (C=O) groups is 1. The minimum atomic E-state index is -1.07. The van der Waals surface area contributed by atoms with E-state index in [4.69, 9.17) is 10.3 Å². The number of rotatable bonds is 6. The van der Waals surface area contributed by atoms with Crippen LogP contribution in [0.4, 0.5) is 0 Å². The Balaban J connectivity index is 2.12. The predicted octanol–water partition coefficient (Wildman–Crippen LogP) is 2.29. The Morgan fingerprint density at radius 2 is 1.95 bits per heavy atom. The van der Waals surface area contributed by atoms with Crippen molar-refractivity contribution in [2.45, 2.75) is 45.7 Å². The normalized spacial score (nSPS) is 13.6. The molecule has 1 aromatic carbocycles. The molecule has 0 aliphatic carbocycles. The second-order valence-corrected chi connectivity index (χ2v) is 5.49. The fourth-order valence-electron chi connectivity index (χ4n) is 2.41. The Hall–Kier alpha value is -2.14. The number of hydrogen-bond acceptors (Lipinski definition) is 4. The minimum Gasteiger partial charge on any atom is -0.361 e. The maximum atomic E-state index is 12.5. The molecule has 22 heavy (non-hydrogen) atoms. The smallest absolute Gasteiger partial charge is 0.244 e. The van der Waals surface area contributed by atoms with Gasteiger partial charge in [0.15, 0.2) is 0 Å². The third-order valence-electron chi connectivity index (χ3n) is 3.88. The summed E-state index contributed by atoms with van der Waals surface area (Å²) >= 11 is 0. The van der Waals surface area contributed by atoms with Crippen molar-refractivity contribution in [1.29, 1.82) is 0 Å². The highest BCUT2D eigenvalue weighted by atomic mass is 16.5. The van der Waals surface area contributed by atoms with Crippen LogP contribution in [0.2, 0.25) is 0 Å². The first-order chi connectivity index (χ1) is 10.5. The van der Waals surface area contributed by atoms with Crippen LogP contribution in [0.3, 0.4) is 0 Å². The molecule has 1 aromatic heterocycles. The van der Waals surface area contributed by atoms with Gasteiger partial charge in [-0.25, -0.2) is 0 Å². The Kier molecular flexibility index (Phi) is 4.98. The van der Waals surface area contributed by atoms with Crippen molar-refractivity contribution in [3.63, 3.8) is 0 Å². The molecule has 1 atom stereocenters. The van der Waals surface area contributed by atoms with Gasteiger partial charge in [-0.05, 0) is 18.9 Å². The monoisotopic (exact) mass is 301 g/mol. The third kappa shape index (κ3) is 3.20. The predicted molar refractivity (Wildman–Crippen MR) is 85.1 cm³/mol. The van der Waals surface area contributed by atoms with Crippen molar-refractivity contribution in [1.82, 2.24) is 10.5 Å². The number of nitrogens with zero attached hydrogens (tertiary/aromatic N) is 1. The zero-order valence-corrected chi connectivity index (χ0v) is 13.3. The summed E-state index contributed by atoms with van der Waals surface area (Å²) in [4.78, 5) is 12.5. The molecule has 0 aliphatic rings. The fraction of sp³-hybridized carbons (Fsp3) is 0.412. The second-order valence-electron chi connectivity index (χ2n) is 5.49. The molecule has 2 rings (SSSR count). The average Bonchev–Trinajstić information content (AvgIpc) is 2.95. The van der Waals surface area contributed by atoms with Crippen LogP contribution in [-0.4, -0.2) is 11.1 Å². The molecule has 5 heteroatoms. The lowest BCUT2D eigenvalue weighted by atomic mass is 9.92. The van der Waals surface area contributed by atoms with E-state index in [2.05, 4.69) is 10.5 Å². The first-order valence-corrected chi connectivity index (χ1v) is 7.59. The van der Waals surface area contributed by atoms with Crippen molar-refractivity contribution in [3.05, 3.63) is 52.9 Å². The largest absolute Gasteiger partial charge is 0.361 e. The van der Waals surface area contributed by atoms with E-state index in [1.54, 1.807) is 6.92 Å². The number of amides is 1. The molecule has 0 spiro atoms. The quantitative estimate of drug-likeness (QED) is 0.857. The summed E-state index contributed by atoms with van der Waals surface area (Å²) in [5, 5.41) is 6.96. The maximum Gasteiger partial charge on any atom is 0.244 e. The fourth-order valence-corrected chi connectivity index (χ4v) is 2.41. The van der Waals surface area contributed by atoms with Crippen LogP contribution in [0.25, 0.3) is 0 Å². The summed E-state index contributed by atoms with van der Waals surface area (Å²) in [5.74, 6) is 0.597. The van der Waals surface area contributed by atoms with E-state index in [0.717, 1.165) is 35.4 Å². The standard InChI is InChI=1S/C17H23N3O2/c1-4-14-13(15(5-2)22-20-14)11-19-16(21)17(3,18)12-9-7-6-8-10-12/h6-10H,4-5,11,18H2,1-3H3,(H,19,21). The van der Waals surface area contributed by atoms with Crippen molar-refractivity contribution < 1.29 is 9.32 Å². The summed E-state index contributed by atoms with van der Waals surface area (Å²) < 4.78 is 5.31. The van der Waals surface area contributed by atoms with Crippen molar-refractivity contribution in [3.8, 4) is 0 Å². The van der Waals surface area contributed by atoms with Crippen LogP contribution in [-0.2, 0) is 29.7 Å². The van der Waals surface area contributed by atoms with E-state index in [-0.39, 0.29) is 5.91 Å². The summed E-state index contributed by atoms with van der Waals surface area (Å²) in [7, 11) is 0. The Morgan fingerprint density at radius 3 is 2.55 bits per heavy atom. The van der Waals surface area contributed by atoms with Gasteiger partial charge >= 0.3 is 0 Å². The molecule has 1 heterocycles. The molecule has 5 nitrogen and oxygen atoms in total. The van der Waals surface area contributed by atoms with Crippen molar-refractivity contribution in [2.75, 3.05) is 0 Å². The summed E-state index contributed by atoms with van der Waals surface area (Å²) in [6.45, 7) is 6.11. The number of hydrogen-bond donors (Lipinski definition) is 2. The lowest BCUT2D eigenvalue weighted by Gasteiger charge is -2.24. The number of benzene rings is 1. The Bertz CT molecular complexity index is 611. The van der Waals surface area contributed by atoms with Gasteiger partial charge in [-0.2, -0.15) is 0 Å². The molecule has 118 valence electrons. The Labute approximate surface area is 130 Å². The average molecular weight is 301 g/mol. The molecular weight excluding hydrogens is 278 g/mol. The molecule has 0 fully saturated rings. The third-order valence-corrected chi connectivity index (χ3v) is 3.88. The molecular formula is C17H23N3O2. The number of nitrogens with two attached hydrogens (primary N) is 1. The second kappa shape index (κ2) is 6.75. The SMILES string of the molecule is CCc1noc(CC)c1CNC(=O)C(C)(N)c1ccccc1. The lowest BCUT2D eigenvalue weighted by molar-refractivity contribution is -0.126. The first-order valence-electron chi connectivity index (χ1n) is 7.59. The summed E-state index contributed by atoms with van der Waals surface area (Å²) in [6.07, 6.45) is 1.52. The topological polar surface area (TPSA) is 81.2 Å². The molecule has 2 aromatic rings. The van der Waals surface area contributed by atoms with Gasteiger partial charge in [-0.3, -0.25) is 4.79 Å². The molecule has 1 amide bonds. The minimum absolute atomic E-state index is 0.219. The van der Waals surface area contributed by atoms with Gasteiger partial charge in [-0.1, -0.05) is 49.3 Å². The van der Waals surface area contributed by atoms with E-state index in [1.165, 1.54) is 0 Å². The molecule has 1 unspecified atom stereocenters. The van der Waals surface area contributed by atoms with Crippen LogP contribution in [0.15, 0.2) is 34.9 Å². The highest BCUT2D eigenvalue weighted by Crippen LogP contribution is 2.19. The van der Waals surface area contributed by atoms with Gasteiger partial charge in [0.2, 0.25) is 5.91 Å². The highest BCUT2D eigenvalue weighted by Gasteiger charge is 2.30. The van der Waals surface area contributed by atoms with Crippen LogP contribution < -0.4 is 11.1 Å². The van der Waals surface area contributed by atoms with Gasteiger partial charge in [0.05, 0.1) is 5.69 Å². The zero-order valence-electron chi connectivity index (χ0n) is 13.3. The van der Waals surface area contributed by atoms with Crippen LogP contribution >= 0.6 is 0 Å². The van der Waals surface area contributed by atoms with E-state index in [1.807, 2.05) is 44.2 Å². The highest BCUT2D eigenvalue weighted by molar-refractivity contribution is 5.86. The van der Waals surface area contributed by atoms with Crippen LogP contribution in [0, 0.1) is 0 Å². The van der Waals surface area contributed by atoms with Gasteiger partial charge in [0, 0.05) is 18.5 Å². The number of aromatic nitrogens is 1. The van der Waals surface area contributed by atoms with Gasteiger partial charge < -0.3 is 15.6 Å². The van der Waals surface area contributed by atoms with E-state index in [9.17, 15) is 4.79 Å². The maximum absolute atomic E-state index is 12.5. The summed E-state index contributed by atoms with van der Waals surface area (Å²) in [6, 6.07) is 9.35. The number of aryl methyl sites for hydroxylation is 2. The van der Waals surface area contributed by atoms with Gasteiger partial charge in [-0.15, -0.1) is 0 Å². The lowest BCUT2D eigenvalue weighted by Crippen LogP contribution is -2.48. The van der Waals surface area contributed by atoms with Crippen LogP contribution in [0.1, 0.15) is 43.4 Å². The van der Waals surface area contributed by atoms with Gasteiger partial charge in [0.25, 0.3) is 0 Å². The summed E-state index contributed by atoms with van der Waals surface area (Å²) in [5.41, 5.74) is 7.77. The van der Waals surface area contributed by atoms with Crippen molar-refractivity contribution >= 4 is 5.91 Å². The van der Waals surface area contributed by atoms with Gasteiger partial charge in [0.1, 0.15) is 11.3 Å². The van der Waals surface area contributed by atoms with Crippen molar-refractivity contribution in [2.24, 2.45) is 5.73 Å². The molecule has 0 saturated carbocycles. The molecule has 3 N–H and O–H groups in total. The zero-order chi connectivity index (χ0) is 16.2. The number of carbonyl (C=O) groups excluding carboxylic acids is 1. The van der Waals surface area contributed by atoms with E-state index >= 15 is 0 Å². The number of nitrogens with one attached hydrogen (secondary N) is 1. The first kappa shape index (κ1) is 16.2. The molecule has 0 bridgehead atoms.